The Morgan fingerprint density at radius 1 is 0.968 bits per heavy atom. The second kappa shape index (κ2) is 8.18. The number of rotatable bonds is 5. The SMILES string of the molecule is Cc1ccc(C)c(-c2cc3c(=O)n(CC(=O)NCc4ccc(C)c(C)c4)ncn3n2)c1. The largest absolute Gasteiger partial charge is 0.350 e. The first kappa shape index (κ1) is 20.5. The zero-order chi connectivity index (χ0) is 22.1. The molecule has 0 saturated carbocycles. The van der Waals surface area contributed by atoms with E-state index in [0.29, 0.717) is 17.8 Å². The fourth-order valence-corrected chi connectivity index (χ4v) is 3.50. The van der Waals surface area contributed by atoms with Crippen molar-refractivity contribution in [3.8, 4) is 11.3 Å². The van der Waals surface area contributed by atoms with Crippen molar-refractivity contribution in [2.45, 2.75) is 40.8 Å². The molecule has 0 atom stereocenters. The number of hydrogen-bond donors (Lipinski definition) is 1. The number of fused-ring (bicyclic) bond motifs is 1. The number of hydrogen-bond acceptors (Lipinski definition) is 4. The first-order valence-corrected chi connectivity index (χ1v) is 10.2. The third-order valence-electron chi connectivity index (χ3n) is 5.51. The fourth-order valence-electron chi connectivity index (χ4n) is 3.50. The molecule has 7 heteroatoms. The number of nitrogens with one attached hydrogen (secondary N) is 1. The molecule has 0 bridgehead atoms. The van der Waals surface area contributed by atoms with Crippen LogP contribution in [-0.4, -0.2) is 25.3 Å². The number of benzene rings is 2. The summed E-state index contributed by atoms with van der Waals surface area (Å²) in [7, 11) is 0. The summed E-state index contributed by atoms with van der Waals surface area (Å²) < 4.78 is 2.63. The van der Waals surface area contributed by atoms with Gasteiger partial charge in [-0.15, -0.1) is 0 Å². The summed E-state index contributed by atoms with van der Waals surface area (Å²) in [5.74, 6) is -0.272. The van der Waals surface area contributed by atoms with E-state index in [9.17, 15) is 9.59 Å². The Morgan fingerprint density at radius 3 is 2.52 bits per heavy atom. The number of carbonyl (C=O) groups excluding carboxylic acids is 1. The van der Waals surface area contributed by atoms with Crippen molar-refractivity contribution in [2.24, 2.45) is 0 Å². The summed E-state index contributed by atoms with van der Waals surface area (Å²) in [6.07, 6.45) is 1.46. The average Bonchev–Trinajstić information content (AvgIpc) is 3.18. The lowest BCUT2D eigenvalue weighted by molar-refractivity contribution is -0.122. The molecule has 2 heterocycles. The molecule has 0 fully saturated rings. The number of carbonyl (C=O) groups is 1. The molecule has 0 spiro atoms. The minimum Gasteiger partial charge on any atom is -0.350 e. The van der Waals surface area contributed by atoms with Gasteiger partial charge >= 0.3 is 0 Å². The van der Waals surface area contributed by atoms with Gasteiger partial charge in [-0.2, -0.15) is 10.2 Å². The highest BCUT2D eigenvalue weighted by Crippen LogP contribution is 2.23. The van der Waals surface area contributed by atoms with Crippen LogP contribution < -0.4 is 10.9 Å². The van der Waals surface area contributed by atoms with Crippen LogP contribution in [0.3, 0.4) is 0 Å². The van der Waals surface area contributed by atoms with E-state index in [2.05, 4.69) is 15.5 Å². The molecule has 4 aromatic rings. The second-order valence-corrected chi connectivity index (χ2v) is 7.97. The lowest BCUT2D eigenvalue weighted by Crippen LogP contribution is -2.34. The monoisotopic (exact) mass is 415 g/mol. The van der Waals surface area contributed by atoms with Gasteiger partial charge in [-0.3, -0.25) is 9.59 Å². The topological polar surface area (TPSA) is 81.3 Å². The second-order valence-electron chi connectivity index (χ2n) is 7.97. The minimum absolute atomic E-state index is 0.149. The quantitative estimate of drug-likeness (QED) is 0.543. The van der Waals surface area contributed by atoms with Crippen molar-refractivity contribution in [1.82, 2.24) is 24.7 Å². The summed E-state index contributed by atoms with van der Waals surface area (Å²) in [6.45, 7) is 8.37. The molecule has 158 valence electrons. The van der Waals surface area contributed by atoms with Crippen LogP contribution in [0.25, 0.3) is 16.8 Å². The molecule has 0 aliphatic rings. The highest BCUT2D eigenvalue weighted by Gasteiger charge is 2.13. The Bertz CT molecular complexity index is 1350. The molecule has 2 aromatic carbocycles. The number of nitrogens with zero attached hydrogens (tertiary/aromatic N) is 4. The Morgan fingerprint density at radius 2 is 1.74 bits per heavy atom. The van der Waals surface area contributed by atoms with Gasteiger partial charge in [0.25, 0.3) is 5.56 Å². The van der Waals surface area contributed by atoms with Crippen LogP contribution in [0.15, 0.2) is 53.6 Å². The molecule has 0 aliphatic carbocycles. The van der Waals surface area contributed by atoms with E-state index in [4.69, 9.17) is 0 Å². The van der Waals surface area contributed by atoms with Crippen LogP contribution in [0, 0.1) is 27.7 Å². The van der Waals surface area contributed by atoms with E-state index >= 15 is 0 Å². The van der Waals surface area contributed by atoms with E-state index in [-0.39, 0.29) is 18.0 Å². The molecular weight excluding hydrogens is 390 g/mol. The van der Waals surface area contributed by atoms with E-state index in [1.54, 1.807) is 6.07 Å². The molecule has 1 N–H and O–H groups in total. The van der Waals surface area contributed by atoms with E-state index in [1.165, 1.54) is 26.7 Å². The maximum Gasteiger partial charge on any atom is 0.293 e. The van der Waals surface area contributed by atoms with Crippen molar-refractivity contribution in [2.75, 3.05) is 0 Å². The summed E-state index contributed by atoms with van der Waals surface area (Å²) in [5, 5.41) is 11.5. The van der Waals surface area contributed by atoms with Crippen LogP contribution in [0.2, 0.25) is 0 Å². The minimum atomic E-state index is -0.354. The van der Waals surface area contributed by atoms with Crippen molar-refractivity contribution in [3.63, 3.8) is 0 Å². The first-order chi connectivity index (χ1) is 14.8. The number of amides is 1. The summed E-state index contributed by atoms with van der Waals surface area (Å²) >= 11 is 0. The molecule has 0 radical (unpaired) electrons. The summed E-state index contributed by atoms with van der Waals surface area (Å²) in [5.41, 5.74) is 7.30. The van der Waals surface area contributed by atoms with Gasteiger partial charge in [-0.1, -0.05) is 35.9 Å². The lowest BCUT2D eigenvalue weighted by Gasteiger charge is -2.08. The fraction of sp³-hybridized carbons (Fsp3) is 0.250. The van der Waals surface area contributed by atoms with E-state index < -0.39 is 0 Å². The van der Waals surface area contributed by atoms with Crippen LogP contribution in [-0.2, 0) is 17.9 Å². The van der Waals surface area contributed by atoms with Gasteiger partial charge in [0.2, 0.25) is 5.91 Å². The third kappa shape index (κ3) is 4.26. The Kier molecular flexibility index (Phi) is 5.42. The molecule has 0 unspecified atom stereocenters. The van der Waals surface area contributed by atoms with Crippen LogP contribution in [0.5, 0.6) is 0 Å². The normalized spacial score (nSPS) is 11.1. The predicted molar refractivity (Wildman–Crippen MR) is 120 cm³/mol. The van der Waals surface area contributed by atoms with Gasteiger partial charge in [0.05, 0.1) is 5.69 Å². The predicted octanol–water partition coefficient (Wildman–Crippen LogP) is 3.11. The van der Waals surface area contributed by atoms with Crippen LogP contribution in [0.1, 0.15) is 27.8 Å². The van der Waals surface area contributed by atoms with Gasteiger partial charge in [-0.25, -0.2) is 9.20 Å². The Balaban J connectivity index is 1.53. The number of aryl methyl sites for hydroxylation is 4. The summed E-state index contributed by atoms with van der Waals surface area (Å²) in [6, 6.07) is 13.9. The van der Waals surface area contributed by atoms with Crippen LogP contribution in [0.4, 0.5) is 0 Å². The Labute approximate surface area is 180 Å². The zero-order valence-electron chi connectivity index (χ0n) is 18.1. The van der Waals surface area contributed by atoms with Gasteiger partial charge in [-0.05, 0) is 62.1 Å². The summed E-state index contributed by atoms with van der Waals surface area (Å²) in [4.78, 5) is 25.3. The smallest absolute Gasteiger partial charge is 0.293 e. The van der Waals surface area contributed by atoms with Crippen molar-refractivity contribution >= 4 is 11.4 Å². The Hall–Kier alpha value is -3.74. The molecular formula is C24H25N5O2. The van der Waals surface area contributed by atoms with Gasteiger partial charge < -0.3 is 5.32 Å². The molecule has 0 saturated heterocycles. The van der Waals surface area contributed by atoms with Crippen molar-refractivity contribution < 1.29 is 4.79 Å². The van der Waals surface area contributed by atoms with Gasteiger partial charge in [0, 0.05) is 12.1 Å². The van der Waals surface area contributed by atoms with Crippen LogP contribution >= 0.6 is 0 Å². The van der Waals surface area contributed by atoms with Gasteiger partial charge in [0.1, 0.15) is 18.4 Å². The van der Waals surface area contributed by atoms with E-state index in [1.807, 2.05) is 64.1 Å². The number of aromatic nitrogens is 4. The lowest BCUT2D eigenvalue weighted by atomic mass is 10.0. The molecule has 31 heavy (non-hydrogen) atoms. The van der Waals surface area contributed by atoms with Crippen molar-refractivity contribution in [1.29, 1.82) is 0 Å². The molecule has 7 nitrogen and oxygen atoms in total. The highest BCUT2D eigenvalue weighted by molar-refractivity contribution is 5.76. The highest BCUT2D eigenvalue weighted by atomic mass is 16.2. The maximum atomic E-state index is 12.9. The van der Waals surface area contributed by atoms with E-state index in [0.717, 1.165) is 22.3 Å². The molecule has 4 rings (SSSR count). The molecule has 2 aromatic heterocycles. The third-order valence-corrected chi connectivity index (χ3v) is 5.51. The molecule has 0 aliphatic heterocycles. The van der Waals surface area contributed by atoms with Crippen molar-refractivity contribution in [3.05, 3.63) is 87.0 Å². The maximum absolute atomic E-state index is 12.9. The zero-order valence-corrected chi connectivity index (χ0v) is 18.1. The standard InChI is InChI=1S/C24H25N5O2/c1-15-5-6-17(3)20(9-15)21-11-22-24(31)28(26-14-29(22)27-21)13-23(30)25-12-19-8-7-16(2)18(4)10-19/h5-11,14H,12-13H2,1-4H3,(H,25,30). The first-order valence-electron chi connectivity index (χ1n) is 10.2. The van der Waals surface area contributed by atoms with Gasteiger partial charge in [0.15, 0.2) is 0 Å². The molecule has 1 amide bonds. The average molecular weight is 415 g/mol.